The number of hydrogen-bond donors (Lipinski definition) is 2. The Bertz CT molecular complexity index is 736. The number of fused-ring (bicyclic) bond motifs is 1. The number of aromatic nitrogens is 3. The van der Waals surface area contributed by atoms with Crippen molar-refractivity contribution in [3.63, 3.8) is 0 Å². The molecule has 0 saturated heterocycles. The third kappa shape index (κ3) is 1.46. The highest BCUT2D eigenvalue weighted by Crippen LogP contribution is 2.33. The molecule has 4 nitrogen and oxygen atoms in total. The predicted molar refractivity (Wildman–Crippen MR) is 70.6 cm³/mol. The molecule has 0 bridgehead atoms. The Morgan fingerprint density at radius 3 is 2.72 bits per heavy atom. The van der Waals surface area contributed by atoms with Gasteiger partial charge >= 0.3 is 0 Å². The van der Waals surface area contributed by atoms with E-state index in [0.717, 1.165) is 27.7 Å². The monoisotopic (exact) mass is 239 g/mol. The Labute approximate surface area is 104 Å². The van der Waals surface area contributed by atoms with Crippen LogP contribution in [-0.2, 0) is 0 Å². The minimum atomic E-state index is 0.0294. The van der Waals surface area contributed by atoms with Gasteiger partial charge in [-0.2, -0.15) is 5.10 Å². The van der Waals surface area contributed by atoms with Crippen molar-refractivity contribution in [2.75, 3.05) is 0 Å². The van der Waals surface area contributed by atoms with Crippen molar-refractivity contribution in [2.45, 2.75) is 13.8 Å². The number of rotatable bonds is 2. The molecular weight excluding hydrogens is 226 g/mol. The molecular formula is C14H13N3O. The van der Waals surface area contributed by atoms with E-state index in [1.165, 1.54) is 0 Å². The van der Waals surface area contributed by atoms with Crippen molar-refractivity contribution in [1.29, 1.82) is 0 Å². The summed E-state index contributed by atoms with van der Waals surface area (Å²) in [5.41, 5.74) is 4.48. The smallest absolute Gasteiger partial charge is 0.176 e. The number of hydrogen-bond acceptors (Lipinski definition) is 2. The van der Waals surface area contributed by atoms with Crippen LogP contribution < -0.4 is 0 Å². The normalized spacial score (nSPS) is 11.0. The summed E-state index contributed by atoms with van der Waals surface area (Å²) in [6.45, 7) is 3.53. The van der Waals surface area contributed by atoms with Crippen molar-refractivity contribution >= 4 is 16.7 Å². The fraction of sp³-hybridized carbons (Fsp3) is 0.143. The van der Waals surface area contributed by atoms with Crippen molar-refractivity contribution in [2.24, 2.45) is 0 Å². The van der Waals surface area contributed by atoms with Gasteiger partial charge in [-0.1, -0.05) is 18.2 Å². The average molecular weight is 239 g/mol. The molecule has 3 aromatic rings. The number of carbonyl (C=O) groups excluding carboxylic acids is 1. The largest absolute Gasteiger partial charge is 0.352 e. The van der Waals surface area contributed by atoms with Gasteiger partial charge < -0.3 is 4.98 Å². The van der Waals surface area contributed by atoms with Gasteiger partial charge in [-0.3, -0.25) is 9.89 Å². The van der Waals surface area contributed by atoms with Crippen LogP contribution in [0.25, 0.3) is 22.0 Å². The van der Waals surface area contributed by atoms with E-state index in [4.69, 9.17) is 0 Å². The zero-order valence-electron chi connectivity index (χ0n) is 10.2. The third-order valence-electron chi connectivity index (χ3n) is 3.16. The molecule has 3 rings (SSSR count). The Kier molecular flexibility index (Phi) is 2.30. The van der Waals surface area contributed by atoms with Gasteiger partial charge in [-0.25, -0.2) is 0 Å². The number of H-pyrrole nitrogens is 2. The molecule has 0 aliphatic carbocycles. The lowest BCUT2D eigenvalue weighted by Crippen LogP contribution is -1.95. The van der Waals surface area contributed by atoms with Crippen LogP contribution in [0.15, 0.2) is 30.5 Å². The maximum Gasteiger partial charge on any atom is 0.176 e. The maximum absolute atomic E-state index is 11.8. The Balaban J connectivity index is 2.42. The van der Waals surface area contributed by atoms with Crippen LogP contribution in [0.2, 0.25) is 0 Å². The molecule has 18 heavy (non-hydrogen) atoms. The van der Waals surface area contributed by atoms with E-state index >= 15 is 0 Å². The highest BCUT2D eigenvalue weighted by atomic mass is 16.1. The standard InChI is InChI=1S/C14H13N3O/c1-8-11(7-15-17-8)13-10-5-3-4-6-12(10)16-14(13)9(2)18/h3-7,16H,1-2H3,(H,15,17). The quantitative estimate of drug-likeness (QED) is 0.675. The molecule has 0 unspecified atom stereocenters. The number of carbonyl (C=O) groups is 1. The van der Waals surface area contributed by atoms with E-state index in [1.54, 1.807) is 13.1 Å². The fourth-order valence-electron chi connectivity index (χ4n) is 2.29. The molecule has 0 aliphatic heterocycles. The number of benzene rings is 1. The van der Waals surface area contributed by atoms with Crippen LogP contribution in [0.3, 0.4) is 0 Å². The SMILES string of the molecule is CC(=O)c1[nH]c2ccccc2c1-c1cn[nH]c1C. The topological polar surface area (TPSA) is 61.5 Å². The highest BCUT2D eigenvalue weighted by molar-refractivity contribution is 6.09. The summed E-state index contributed by atoms with van der Waals surface area (Å²) in [5.74, 6) is 0.0294. The summed E-state index contributed by atoms with van der Waals surface area (Å²) in [5, 5.41) is 8.00. The maximum atomic E-state index is 11.8. The molecule has 0 saturated carbocycles. The zero-order chi connectivity index (χ0) is 12.7. The predicted octanol–water partition coefficient (Wildman–Crippen LogP) is 3.07. The van der Waals surface area contributed by atoms with E-state index in [-0.39, 0.29) is 5.78 Å². The van der Waals surface area contributed by atoms with E-state index < -0.39 is 0 Å². The first-order chi connectivity index (χ1) is 8.68. The minimum Gasteiger partial charge on any atom is -0.352 e. The zero-order valence-corrected chi connectivity index (χ0v) is 10.2. The van der Waals surface area contributed by atoms with E-state index in [2.05, 4.69) is 15.2 Å². The first-order valence-electron chi connectivity index (χ1n) is 5.80. The molecule has 90 valence electrons. The third-order valence-corrected chi connectivity index (χ3v) is 3.16. The first kappa shape index (κ1) is 10.8. The number of ketones is 1. The van der Waals surface area contributed by atoms with Gasteiger partial charge in [0.1, 0.15) is 0 Å². The van der Waals surface area contributed by atoms with Crippen LogP contribution in [0.1, 0.15) is 23.1 Å². The molecule has 2 heterocycles. The molecule has 0 atom stereocenters. The van der Waals surface area contributed by atoms with Gasteiger partial charge in [0, 0.05) is 34.6 Å². The number of nitrogens with one attached hydrogen (secondary N) is 2. The Morgan fingerprint density at radius 1 is 1.28 bits per heavy atom. The fourth-order valence-corrected chi connectivity index (χ4v) is 2.29. The molecule has 1 aromatic carbocycles. The molecule has 0 spiro atoms. The van der Waals surface area contributed by atoms with Crippen molar-refractivity contribution in [3.8, 4) is 11.1 Å². The number of aromatic amines is 2. The van der Waals surface area contributed by atoms with Gasteiger partial charge in [0.2, 0.25) is 0 Å². The van der Waals surface area contributed by atoms with Crippen LogP contribution in [0.4, 0.5) is 0 Å². The van der Waals surface area contributed by atoms with Gasteiger partial charge in [0.05, 0.1) is 11.9 Å². The van der Waals surface area contributed by atoms with E-state index in [9.17, 15) is 4.79 Å². The number of aryl methyl sites for hydroxylation is 1. The molecule has 4 heteroatoms. The Hall–Kier alpha value is -2.36. The van der Waals surface area contributed by atoms with Crippen molar-refractivity contribution in [3.05, 3.63) is 41.9 Å². The number of para-hydroxylation sites is 1. The number of Topliss-reactive ketones (excluding diaryl/α,β-unsaturated/α-hetero) is 1. The molecule has 0 fully saturated rings. The van der Waals surface area contributed by atoms with Crippen LogP contribution in [0, 0.1) is 6.92 Å². The van der Waals surface area contributed by atoms with Crippen LogP contribution in [0.5, 0.6) is 0 Å². The molecule has 0 aliphatic rings. The second kappa shape index (κ2) is 3.84. The van der Waals surface area contributed by atoms with Gasteiger partial charge in [-0.15, -0.1) is 0 Å². The van der Waals surface area contributed by atoms with Crippen LogP contribution >= 0.6 is 0 Å². The molecule has 2 aromatic heterocycles. The minimum absolute atomic E-state index is 0.0294. The van der Waals surface area contributed by atoms with Crippen molar-refractivity contribution in [1.82, 2.24) is 15.2 Å². The summed E-state index contributed by atoms with van der Waals surface area (Å²) < 4.78 is 0. The molecule has 0 amide bonds. The average Bonchev–Trinajstić information content (AvgIpc) is 2.92. The summed E-state index contributed by atoms with van der Waals surface area (Å²) in [4.78, 5) is 15.0. The molecule has 2 N–H and O–H groups in total. The lowest BCUT2D eigenvalue weighted by molar-refractivity contribution is 0.101. The highest BCUT2D eigenvalue weighted by Gasteiger charge is 2.18. The second-order valence-corrected chi connectivity index (χ2v) is 4.39. The second-order valence-electron chi connectivity index (χ2n) is 4.39. The lowest BCUT2D eigenvalue weighted by Gasteiger charge is -2.00. The lowest BCUT2D eigenvalue weighted by atomic mass is 10.0. The molecule has 0 radical (unpaired) electrons. The summed E-state index contributed by atoms with van der Waals surface area (Å²) in [6, 6.07) is 7.91. The summed E-state index contributed by atoms with van der Waals surface area (Å²) in [6.07, 6.45) is 1.76. The van der Waals surface area contributed by atoms with E-state index in [1.807, 2.05) is 31.2 Å². The van der Waals surface area contributed by atoms with Crippen LogP contribution in [-0.4, -0.2) is 21.0 Å². The van der Waals surface area contributed by atoms with Gasteiger partial charge in [0.25, 0.3) is 0 Å². The first-order valence-corrected chi connectivity index (χ1v) is 5.80. The van der Waals surface area contributed by atoms with Gasteiger partial charge in [-0.05, 0) is 13.0 Å². The summed E-state index contributed by atoms with van der Waals surface area (Å²) >= 11 is 0. The van der Waals surface area contributed by atoms with Gasteiger partial charge in [0.15, 0.2) is 5.78 Å². The van der Waals surface area contributed by atoms with Crippen molar-refractivity contribution < 1.29 is 4.79 Å². The summed E-state index contributed by atoms with van der Waals surface area (Å²) in [7, 11) is 0. The Morgan fingerprint density at radius 2 is 2.06 bits per heavy atom. The number of nitrogens with zero attached hydrogens (tertiary/aromatic N) is 1. The van der Waals surface area contributed by atoms with E-state index in [0.29, 0.717) is 5.69 Å².